The van der Waals surface area contributed by atoms with E-state index in [1.54, 1.807) is 48.9 Å². The second-order valence-corrected chi connectivity index (χ2v) is 7.09. The minimum Gasteiger partial charge on any atom is -0.465 e. The Morgan fingerprint density at radius 2 is 1.19 bits per heavy atom. The third-order valence-electron chi connectivity index (χ3n) is 3.47. The van der Waals surface area contributed by atoms with Gasteiger partial charge in [-0.05, 0) is 36.7 Å². The summed E-state index contributed by atoms with van der Waals surface area (Å²) in [6.07, 6.45) is 0. The van der Waals surface area contributed by atoms with E-state index in [-0.39, 0.29) is 13.2 Å². The molecule has 2 rings (SSSR count). The van der Waals surface area contributed by atoms with Gasteiger partial charge in [-0.15, -0.1) is 22.7 Å². The van der Waals surface area contributed by atoms with Crippen molar-refractivity contribution in [1.29, 1.82) is 0 Å². The minimum atomic E-state index is -1.38. The normalized spacial score (nSPS) is 12.8. The Labute approximate surface area is 158 Å². The number of ether oxygens (including phenoxy) is 2. The number of ketones is 2. The maximum atomic E-state index is 12.9. The van der Waals surface area contributed by atoms with Crippen LogP contribution in [0.2, 0.25) is 0 Å². The molecule has 0 amide bonds. The summed E-state index contributed by atoms with van der Waals surface area (Å²) < 4.78 is 9.92. The van der Waals surface area contributed by atoms with Crippen LogP contribution in [0.1, 0.15) is 35.4 Å². The summed E-state index contributed by atoms with van der Waals surface area (Å²) >= 11 is 2.34. The van der Waals surface area contributed by atoms with Gasteiger partial charge in [0.25, 0.3) is 0 Å². The van der Waals surface area contributed by atoms with Crippen LogP contribution in [-0.2, 0) is 28.7 Å². The summed E-state index contributed by atoms with van der Waals surface area (Å²) in [5.41, 5.74) is 0. The average molecular weight is 394 g/mol. The van der Waals surface area contributed by atoms with Gasteiger partial charge in [-0.3, -0.25) is 19.2 Å². The molecule has 138 valence electrons. The molecule has 2 aromatic rings. The van der Waals surface area contributed by atoms with Crippen LogP contribution in [0.15, 0.2) is 35.0 Å². The first-order valence-corrected chi connectivity index (χ1v) is 9.75. The topological polar surface area (TPSA) is 86.7 Å². The monoisotopic (exact) mass is 394 g/mol. The Kier molecular flexibility index (Phi) is 7.23. The summed E-state index contributed by atoms with van der Waals surface area (Å²) in [7, 11) is 0. The fourth-order valence-corrected chi connectivity index (χ4v) is 3.97. The van der Waals surface area contributed by atoms with Crippen molar-refractivity contribution in [1.82, 2.24) is 0 Å². The summed E-state index contributed by atoms with van der Waals surface area (Å²) in [6.45, 7) is 3.38. The lowest BCUT2D eigenvalue weighted by Crippen LogP contribution is -2.35. The summed E-state index contributed by atoms with van der Waals surface area (Å²) in [4.78, 5) is 51.1. The maximum Gasteiger partial charge on any atom is 0.322 e. The van der Waals surface area contributed by atoms with E-state index in [1.807, 2.05) is 0 Å². The average Bonchev–Trinajstić information content (AvgIpc) is 3.29. The highest BCUT2D eigenvalue weighted by molar-refractivity contribution is 7.10. The minimum absolute atomic E-state index is 0.0778. The Hall–Kier alpha value is -2.32. The van der Waals surface area contributed by atoms with Gasteiger partial charge in [0.2, 0.25) is 11.6 Å². The predicted octanol–water partition coefficient (Wildman–Crippen LogP) is 2.94. The van der Waals surface area contributed by atoms with Gasteiger partial charge >= 0.3 is 11.9 Å². The molecule has 2 unspecified atom stereocenters. The fourth-order valence-electron chi connectivity index (χ4n) is 2.35. The van der Waals surface area contributed by atoms with Crippen molar-refractivity contribution in [3.8, 4) is 0 Å². The van der Waals surface area contributed by atoms with Gasteiger partial charge in [-0.1, -0.05) is 12.1 Å². The van der Waals surface area contributed by atoms with E-state index in [0.29, 0.717) is 9.75 Å². The van der Waals surface area contributed by atoms with Gasteiger partial charge < -0.3 is 9.47 Å². The zero-order chi connectivity index (χ0) is 19.1. The van der Waals surface area contributed by atoms with E-state index in [0.717, 1.165) is 0 Å². The van der Waals surface area contributed by atoms with Gasteiger partial charge in [-0.25, -0.2) is 0 Å². The molecule has 2 aromatic heterocycles. The van der Waals surface area contributed by atoms with Crippen LogP contribution in [-0.4, -0.2) is 36.7 Å². The number of carbonyl (C=O) groups is 4. The largest absolute Gasteiger partial charge is 0.465 e. The molecule has 0 aliphatic rings. The molecular formula is C18H18O6S2. The third-order valence-corrected chi connectivity index (χ3v) is 5.34. The molecular weight excluding hydrogens is 376 g/mol. The van der Waals surface area contributed by atoms with Gasteiger partial charge in [0.1, 0.15) is 0 Å². The predicted molar refractivity (Wildman–Crippen MR) is 97.4 cm³/mol. The van der Waals surface area contributed by atoms with Crippen LogP contribution in [0.3, 0.4) is 0 Å². The standard InChI is InChI=1S/C18H18O6S2/c1-3-23-17(21)13(11-7-5-9-25-11)15(19)16(20)14(18(22)24-4-2)12-8-6-10-26-12/h5-10,13-14H,3-4H2,1-2H3. The van der Waals surface area contributed by atoms with Gasteiger partial charge in [0.15, 0.2) is 11.8 Å². The SMILES string of the molecule is CCOC(=O)C(C(=O)C(=O)C(C(=O)OCC)c1cccs1)c1cccs1. The highest BCUT2D eigenvalue weighted by Gasteiger charge is 2.42. The summed E-state index contributed by atoms with van der Waals surface area (Å²) in [6, 6.07) is 6.52. The van der Waals surface area contributed by atoms with Crippen molar-refractivity contribution in [2.24, 2.45) is 0 Å². The van der Waals surface area contributed by atoms with Crippen LogP contribution in [0.5, 0.6) is 0 Å². The number of carbonyl (C=O) groups excluding carboxylic acids is 4. The zero-order valence-electron chi connectivity index (χ0n) is 14.3. The lowest BCUT2D eigenvalue weighted by Gasteiger charge is -2.16. The third kappa shape index (κ3) is 4.44. The van der Waals surface area contributed by atoms with Crippen molar-refractivity contribution in [2.75, 3.05) is 13.2 Å². The lowest BCUT2D eigenvalue weighted by atomic mass is 9.90. The lowest BCUT2D eigenvalue weighted by molar-refractivity contribution is -0.155. The second-order valence-electron chi connectivity index (χ2n) is 5.13. The van der Waals surface area contributed by atoms with Crippen LogP contribution in [0, 0.1) is 0 Å². The van der Waals surface area contributed by atoms with Crippen molar-refractivity contribution in [3.63, 3.8) is 0 Å². The number of Topliss-reactive ketones (excluding diaryl/α,β-unsaturated/α-hetero) is 2. The summed E-state index contributed by atoms with van der Waals surface area (Å²) in [5.74, 6) is -6.31. The van der Waals surface area contributed by atoms with Crippen molar-refractivity contribution in [2.45, 2.75) is 25.7 Å². The molecule has 2 heterocycles. The van der Waals surface area contributed by atoms with Gasteiger partial charge in [-0.2, -0.15) is 0 Å². The van der Waals surface area contributed by atoms with E-state index in [9.17, 15) is 19.2 Å². The highest BCUT2D eigenvalue weighted by Crippen LogP contribution is 2.29. The zero-order valence-corrected chi connectivity index (χ0v) is 15.9. The first-order valence-electron chi connectivity index (χ1n) is 7.99. The van der Waals surface area contributed by atoms with E-state index < -0.39 is 35.3 Å². The number of thiophene rings is 2. The molecule has 0 bridgehead atoms. The summed E-state index contributed by atoms with van der Waals surface area (Å²) in [5, 5.41) is 3.39. The van der Waals surface area contributed by atoms with Crippen LogP contribution >= 0.6 is 22.7 Å². The van der Waals surface area contributed by atoms with E-state index >= 15 is 0 Å². The smallest absolute Gasteiger partial charge is 0.322 e. The fraction of sp³-hybridized carbons (Fsp3) is 0.333. The van der Waals surface area contributed by atoms with Crippen molar-refractivity contribution >= 4 is 46.2 Å². The second kappa shape index (κ2) is 9.40. The van der Waals surface area contributed by atoms with Crippen LogP contribution in [0.4, 0.5) is 0 Å². The molecule has 0 spiro atoms. The molecule has 0 N–H and O–H groups in total. The number of esters is 2. The molecule has 0 aromatic carbocycles. The molecule has 26 heavy (non-hydrogen) atoms. The maximum absolute atomic E-state index is 12.9. The molecule has 0 aliphatic heterocycles. The number of hydrogen-bond donors (Lipinski definition) is 0. The molecule has 0 aliphatic carbocycles. The molecule has 0 saturated heterocycles. The highest BCUT2D eigenvalue weighted by atomic mass is 32.1. The quantitative estimate of drug-likeness (QED) is 0.369. The Morgan fingerprint density at radius 1 is 0.808 bits per heavy atom. The Balaban J connectivity index is 2.37. The molecule has 0 fully saturated rings. The molecule has 0 radical (unpaired) electrons. The van der Waals surface area contributed by atoms with Crippen molar-refractivity contribution < 1.29 is 28.7 Å². The van der Waals surface area contributed by atoms with E-state index in [2.05, 4.69) is 0 Å². The molecule has 0 saturated carbocycles. The van der Waals surface area contributed by atoms with E-state index in [1.165, 1.54) is 22.7 Å². The molecule has 2 atom stereocenters. The number of hydrogen-bond acceptors (Lipinski definition) is 8. The van der Waals surface area contributed by atoms with Crippen molar-refractivity contribution in [3.05, 3.63) is 44.8 Å². The first-order chi connectivity index (χ1) is 12.5. The first kappa shape index (κ1) is 20.0. The van der Waals surface area contributed by atoms with Crippen LogP contribution in [0.25, 0.3) is 0 Å². The van der Waals surface area contributed by atoms with Gasteiger partial charge in [0, 0.05) is 9.75 Å². The Bertz CT molecular complexity index is 697. The van der Waals surface area contributed by atoms with Gasteiger partial charge in [0.05, 0.1) is 13.2 Å². The van der Waals surface area contributed by atoms with E-state index in [4.69, 9.17) is 9.47 Å². The molecule has 6 nitrogen and oxygen atoms in total. The molecule has 8 heteroatoms. The number of rotatable bonds is 9. The van der Waals surface area contributed by atoms with Crippen LogP contribution < -0.4 is 0 Å². The Morgan fingerprint density at radius 3 is 1.46 bits per heavy atom.